The number of likely N-dealkylation sites (N-methyl/N-ethyl adjacent to an activating group) is 1. The minimum atomic E-state index is -3.77. The van der Waals surface area contributed by atoms with Gasteiger partial charge in [0.05, 0.1) is 10.9 Å². The first-order valence-electron chi connectivity index (χ1n) is 5.91. The Morgan fingerprint density at radius 3 is 2.55 bits per heavy atom. The molecular formula is C12H16Br2N2O3S. The van der Waals surface area contributed by atoms with E-state index < -0.39 is 16.1 Å². The molecule has 0 heterocycles. The fourth-order valence-electron chi connectivity index (χ4n) is 1.52. The van der Waals surface area contributed by atoms with E-state index in [-0.39, 0.29) is 10.8 Å². The quantitative estimate of drug-likeness (QED) is 0.784. The Bertz CT molecular complexity index is 605. The van der Waals surface area contributed by atoms with Crippen molar-refractivity contribution in [3.8, 4) is 0 Å². The minimum absolute atomic E-state index is 0.0886. The number of benzene rings is 1. The van der Waals surface area contributed by atoms with E-state index in [1.165, 1.54) is 17.9 Å². The van der Waals surface area contributed by atoms with Crippen LogP contribution in [0.4, 0.5) is 0 Å². The van der Waals surface area contributed by atoms with E-state index in [0.717, 1.165) is 0 Å². The second kappa shape index (κ2) is 7.02. The van der Waals surface area contributed by atoms with Crippen LogP contribution in [0.3, 0.4) is 0 Å². The number of carbonyl (C=O) groups is 1. The maximum Gasteiger partial charge on any atom is 0.242 e. The highest BCUT2D eigenvalue weighted by atomic mass is 79.9. The number of hydrogen-bond acceptors (Lipinski definition) is 3. The van der Waals surface area contributed by atoms with Gasteiger partial charge in [0.15, 0.2) is 0 Å². The Labute approximate surface area is 136 Å². The SMILES string of the molecule is CCN(C)C(=O)C(C)NS(=O)(=O)c1cc(Br)ccc1Br. The molecule has 1 unspecified atom stereocenters. The van der Waals surface area contributed by atoms with Crippen molar-refractivity contribution in [2.75, 3.05) is 13.6 Å². The number of carbonyl (C=O) groups excluding carboxylic acids is 1. The molecule has 0 radical (unpaired) electrons. The molecular weight excluding hydrogens is 412 g/mol. The summed E-state index contributed by atoms with van der Waals surface area (Å²) in [6.07, 6.45) is 0. The van der Waals surface area contributed by atoms with Crippen molar-refractivity contribution in [3.05, 3.63) is 27.1 Å². The van der Waals surface area contributed by atoms with Crippen LogP contribution in [-0.4, -0.2) is 38.9 Å². The summed E-state index contributed by atoms with van der Waals surface area (Å²) in [5.41, 5.74) is 0. The molecule has 1 N–H and O–H groups in total. The first-order chi connectivity index (χ1) is 9.19. The highest BCUT2D eigenvalue weighted by Crippen LogP contribution is 2.25. The Balaban J connectivity index is 3.01. The summed E-state index contributed by atoms with van der Waals surface area (Å²) in [6.45, 7) is 3.87. The van der Waals surface area contributed by atoms with E-state index in [1.54, 1.807) is 19.2 Å². The van der Waals surface area contributed by atoms with Crippen molar-refractivity contribution < 1.29 is 13.2 Å². The summed E-state index contributed by atoms with van der Waals surface area (Å²) in [6, 6.07) is 4.01. The predicted octanol–water partition coefficient (Wildman–Crippen LogP) is 2.36. The monoisotopic (exact) mass is 426 g/mol. The lowest BCUT2D eigenvalue weighted by Gasteiger charge is -2.20. The summed E-state index contributed by atoms with van der Waals surface area (Å²) in [4.78, 5) is 13.5. The fraction of sp³-hybridized carbons (Fsp3) is 0.417. The predicted molar refractivity (Wildman–Crippen MR) is 84.9 cm³/mol. The van der Waals surface area contributed by atoms with Crippen molar-refractivity contribution in [2.45, 2.75) is 24.8 Å². The average Bonchev–Trinajstić information content (AvgIpc) is 2.39. The summed E-state index contributed by atoms with van der Waals surface area (Å²) >= 11 is 6.43. The maximum absolute atomic E-state index is 12.3. The largest absolute Gasteiger partial charge is 0.345 e. The van der Waals surface area contributed by atoms with Crippen molar-refractivity contribution in [1.82, 2.24) is 9.62 Å². The molecule has 0 spiro atoms. The molecule has 0 aromatic heterocycles. The van der Waals surface area contributed by atoms with Gasteiger partial charge in [-0.1, -0.05) is 15.9 Å². The lowest BCUT2D eigenvalue weighted by atomic mass is 10.3. The number of nitrogens with zero attached hydrogens (tertiary/aromatic N) is 1. The van der Waals surface area contributed by atoms with E-state index >= 15 is 0 Å². The summed E-state index contributed by atoms with van der Waals surface area (Å²) < 4.78 is 28.1. The molecule has 0 fully saturated rings. The fourth-order valence-corrected chi connectivity index (χ4v) is 4.21. The van der Waals surface area contributed by atoms with Gasteiger partial charge >= 0.3 is 0 Å². The third kappa shape index (κ3) is 4.28. The molecule has 0 aliphatic heterocycles. The van der Waals surface area contributed by atoms with Gasteiger partial charge in [0.25, 0.3) is 0 Å². The van der Waals surface area contributed by atoms with Gasteiger partial charge < -0.3 is 4.90 Å². The zero-order valence-electron chi connectivity index (χ0n) is 11.4. The second-order valence-corrected chi connectivity index (χ2v) is 7.72. The van der Waals surface area contributed by atoms with Crippen LogP contribution in [0.25, 0.3) is 0 Å². The Morgan fingerprint density at radius 2 is 2.00 bits per heavy atom. The van der Waals surface area contributed by atoms with Crippen molar-refractivity contribution in [3.63, 3.8) is 0 Å². The van der Waals surface area contributed by atoms with Gasteiger partial charge in [0.1, 0.15) is 0 Å². The molecule has 1 amide bonds. The molecule has 1 aromatic rings. The van der Waals surface area contributed by atoms with Gasteiger partial charge in [0, 0.05) is 22.5 Å². The third-order valence-corrected chi connectivity index (χ3v) is 5.76. The molecule has 8 heteroatoms. The van der Waals surface area contributed by atoms with Gasteiger partial charge in [-0.2, -0.15) is 4.72 Å². The van der Waals surface area contributed by atoms with Crippen LogP contribution in [0, 0.1) is 0 Å². The van der Waals surface area contributed by atoms with Gasteiger partial charge in [0.2, 0.25) is 15.9 Å². The van der Waals surface area contributed by atoms with Crippen LogP contribution >= 0.6 is 31.9 Å². The van der Waals surface area contributed by atoms with Crippen molar-refractivity contribution in [1.29, 1.82) is 0 Å². The number of sulfonamides is 1. The molecule has 1 aromatic carbocycles. The summed E-state index contributed by atoms with van der Waals surface area (Å²) in [5.74, 6) is -0.276. The molecule has 0 bridgehead atoms. The Morgan fingerprint density at radius 1 is 1.40 bits per heavy atom. The minimum Gasteiger partial charge on any atom is -0.345 e. The number of hydrogen-bond donors (Lipinski definition) is 1. The van der Waals surface area contributed by atoms with Crippen LogP contribution in [0.15, 0.2) is 32.0 Å². The van der Waals surface area contributed by atoms with E-state index in [2.05, 4.69) is 36.6 Å². The lowest BCUT2D eigenvalue weighted by Crippen LogP contribution is -2.45. The Kier molecular flexibility index (Phi) is 6.18. The second-order valence-electron chi connectivity index (χ2n) is 4.27. The van der Waals surface area contributed by atoms with Gasteiger partial charge in [-0.15, -0.1) is 0 Å². The smallest absolute Gasteiger partial charge is 0.242 e. The molecule has 1 rings (SSSR count). The zero-order valence-corrected chi connectivity index (χ0v) is 15.3. The van der Waals surface area contributed by atoms with Gasteiger partial charge in [-0.25, -0.2) is 8.42 Å². The van der Waals surface area contributed by atoms with E-state index in [0.29, 0.717) is 15.5 Å². The van der Waals surface area contributed by atoms with E-state index in [1.807, 2.05) is 6.92 Å². The highest BCUT2D eigenvalue weighted by Gasteiger charge is 2.25. The van der Waals surface area contributed by atoms with Crippen LogP contribution in [-0.2, 0) is 14.8 Å². The van der Waals surface area contributed by atoms with Crippen LogP contribution in [0.2, 0.25) is 0 Å². The molecule has 112 valence electrons. The number of amides is 1. The third-order valence-electron chi connectivity index (χ3n) is 2.74. The van der Waals surface area contributed by atoms with E-state index in [9.17, 15) is 13.2 Å². The number of rotatable bonds is 5. The molecule has 0 saturated carbocycles. The number of nitrogens with one attached hydrogen (secondary N) is 1. The number of halogens is 2. The van der Waals surface area contributed by atoms with Crippen LogP contribution in [0.1, 0.15) is 13.8 Å². The lowest BCUT2D eigenvalue weighted by molar-refractivity contribution is -0.131. The molecule has 0 aliphatic carbocycles. The van der Waals surface area contributed by atoms with Crippen molar-refractivity contribution in [2.24, 2.45) is 0 Å². The normalized spacial score (nSPS) is 13.1. The molecule has 5 nitrogen and oxygen atoms in total. The topological polar surface area (TPSA) is 66.5 Å². The first-order valence-corrected chi connectivity index (χ1v) is 8.98. The van der Waals surface area contributed by atoms with Gasteiger partial charge in [-0.3, -0.25) is 4.79 Å². The first kappa shape index (κ1) is 17.6. The van der Waals surface area contributed by atoms with Crippen molar-refractivity contribution >= 4 is 47.8 Å². The summed E-state index contributed by atoms with van der Waals surface area (Å²) in [5, 5.41) is 0. The van der Waals surface area contributed by atoms with Crippen LogP contribution in [0.5, 0.6) is 0 Å². The van der Waals surface area contributed by atoms with Gasteiger partial charge in [-0.05, 0) is 48.0 Å². The highest BCUT2D eigenvalue weighted by molar-refractivity contribution is 9.11. The van der Waals surface area contributed by atoms with Crippen LogP contribution < -0.4 is 4.72 Å². The molecule has 20 heavy (non-hydrogen) atoms. The Hall–Kier alpha value is -0.440. The summed E-state index contributed by atoms with van der Waals surface area (Å²) in [7, 11) is -2.15. The zero-order chi connectivity index (χ0) is 15.5. The molecule has 1 atom stereocenters. The standard InChI is InChI=1S/C12H16Br2N2O3S/c1-4-16(3)12(17)8(2)15-20(18,19)11-7-9(13)5-6-10(11)14/h5-8,15H,4H2,1-3H3. The average molecular weight is 428 g/mol. The maximum atomic E-state index is 12.3. The van der Waals surface area contributed by atoms with E-state index in [4.69, 9.17) is 0 Å². The molecule has 0 saturated heterocycles. The molecule has 0 aliphatic rings.